The first kappa shape index (κ1) is 8.96. The summed E-state index contributed by atoms with van der Waals surface area (Å²) in [6.07, 6.45) is 3.99. The number of hydrogen-bond donors (Lipinski definition) is 1. The fraction of sp³-hybridized carbons (Fsp3) is 1.00. The molecule has 0 fully saturated rings. The summed E-state index contributed by atoms with van der Waals surface area (Å²) in [6.45, 7) is 7.74. The van der Waals surface area contributed by atoms with Crippen LogP contribution < -0.4 is 5.32 Å². The maximum atomic E-state index is 3.38. The number of hydrogen-bond acceptors (Lipinski definition) is 1. The molecule has 0 spiro atoms. The normalized spacial score (nSPS) is 13.7. The highest BCUT2D eigenvalue weighted by atomic mass is 14.9. The molecule has 0 aliphatic rings. The van der Waals surface area contributed by atoms with Crippen LogP contribution in [-0.4, -0.2) is 12.6 Å². The molecular formula is C8H19N. The van der Waals surface area contributed by atoms with Crippen LogP contribution in [0.1, 0.15) is 40.0 Å². The molecule has 1 heteroatoms. The molecule has 1 atom stereocenters. The van der Waals surface area contributed by atoms with Gasteiger partial charge in [-0.05, 0) is 19.9 Å². The lowest BCUT2D eigenvalue weighted by Gasteiger charge is -2.09. The minimum atomic E-state index is 0.718. The van der Waals surface area contributed by atoms with Crippen molar-refractivity contribution in [1.82, 2.24) is 5.32 Å². The summed E-state index contributed by atoms with van der Waals surface area (Å²) in [5, 5.41) is 3.38. The molecule has 0 radical (unpaired) electrons. The van der Waals surface area contributed by atoms with Crippen LogP contribution in [0.3, 0.4) is 0 Å². The fourth-order valence-electron chi connectivity index (χ4n) is 0.961. The van der Waals surface area contributed by atoms with Crippen molar-refractivity contribution in [1.29, 1.82) is 0 Å². The Morgan fingerprint density at radius 3 is 2.44 bits per heavy atom. The molecule has 1 N–H and O–H groups in total. The largest absolute Gasteiger partial charge is 0.315 e. The van der Waals surface area contributed by atoms with Gasteiger partial charge in [0.15, 0.2) is 0 Å². The third kappa shape index (κ3) is 5.84. The summed E-state index contributed by atoms with van der Waals surface area (Å²) in [5.41, 5.74) is 0. The zero-order chi connectivity index (χ0) is 7.11. The van der Waals surface area contributed by atoms with E-state index in [1.807, 2.05) is 0 Å². The highest BCUT2D eigenvalue weighted by Gasteiger charge is 1.95. The van der Waals surface area contributed by atoms with E-state index in [1.54, 1.807) is 0 Å². The van der Waals surface area contributed by atoms with E-state index in [9.17, 15) is 0 Å². The van der Waals surface area contributed by atoms with E-state index in [0.717, 1.165) is 12.6 Å². The molecule has 0 aromatic rings. The molecular weight excluding hydrogens is 110 g/mol. The molecule has 0 bridgehead atoms. The van der Waals surface area contributed by atoms with Gasteiger partial charge < -0.3 is 5.32 Å². The number of nitrogens with one attached hydrogen (secondary N) is 1. The Hall–Kier alpha value is -0.0400. The first-order valence-electron chi connectivity index (χ1n) is 4.04. The Bertz CT molecular complexity index is 52.5. The van der Waals surface area contributed by atoms with Crippen LogP contribution in [0.15, 0.2) is 0 Å². The van der Waals surface area contributed by atoms with Crippen molar-refractivity contribution in [2.24, 2.45) is 0 Å². The molecule has 9 heavy (non-hydrogen) atoms. The van der Waals surface area contributed by atoms with Crippen LogP contribution in [-0.2, 0) is 0 Å². The van der Waals surface area contributed by atoms with Crippen molar-refractivity contribution in [2.45, 2.75) is 46.1 Å². The van der Waals surface area contributed by atoms with E-state index < -0.39 is 0 Å². The van der Waals surface area contributed by atoms with E-state index >= 15 is 0 Å². The quantitative estimate of drug-likeness (QED) is 0.600. The standard InChI is InChI=1S/C8H19N/c1-4-6-7-8(3)9-5-2/h8-9H,4-7H2,1-3H3/t8-/m1/s1. The Labute approximate surface area is 58.8 Å². The van der Waals surface area contributed by atoms with E-state index in [-0.39, 0.29) is 0 Å². The second-order valence-corrected chi connectivity index (χ2v) is 2.60. The lowest BCUT2D eigenvalue weighted by molar-refractivity contribution is 0.509. The van der Waals surface area contributed by atoms with Gasteiger partial charge in [0.2, 0.25) is 0 Å². The van der Waals surface area contributed by atoms with Crippen LogP contribution in [0.25, 0.3) is 0 Å². The Balaban J connectivity index is 2.95. The number of unbranched alkanes of at least 4 members (excludes halogenated alkanes) is 1. The molecule has 0 saturated heterocycles. The van der Waals surface area contributed by atoms with Gasteiger partial charge in [-0.3, -0.25) is 0 Å². The van der Waals surface area contributed by atoms with Crippen LogP contribution >= 0.6 is 0 Å². The molecule has 0 heterocycles. The van der Waals surface area contributed by atoms with Crippen molar-refractivity contribution in [2.75, 3.05) is 6.54 Å². The van der Waals surface area contributed by atoms with Crippen LogP contribution in [0.5, 0.6) is 0 Å². The maximum Gasteiger partial charge on any atom is 0.00386 e. The summed E-state index contributed by atoms with van der Waals surface area (Å²) in [4.78, 5) is 0. The van der Waals surface area contributed by atoms with Gasteiger partial charge in [-0.2, -0.15) is 0 Å². The minimum absolute atomic E-state index is 0.718. The Kier molecular flexibility index (Phi) is 6.06. The average Bonchev–Trinajstić information content (AvgIpc) is 1.85. The van der Waals surface area contributed by atoms with Gasteiger partial charge in [0, 0.05) is 6.04 Å². The highest BCUT2D eigenvalue weighted by molar-refractivity contribution is 4.57. The molecule has 0 rings (SSSR count). The van der Waals surface area contributed by atoms with Gasteiger partial charge in [-0.1, -0.05) is 26.7 Å². The zero-order valence-electron chi connectivity index (χ0n) is 6.91. The van der Waals surface area contributed by atoms with Gasteiger partial charge in [0.05, 0.1) is 0 Å². The number of rotatable bonds is 5. The van der Waals surface area contributed by atoms with Gasteiger partial charge in [-0.25, -0.2) is 0 Å². The predicted molar refractivity (Wildman–Crippen MR) is 42.7 cm³/mol. The first-order valence-corrected chi connectivity index (χ1v) is 4.04. The second kappa shape index (κ2) is 6.09. The molecule has 0 saturated carbocycles. The van der Waals surface area contributed by atoms with Crippen molar-refractivity contribution < 1.29 is 0 Å². The Morgan fingerprint density at radius 2 is 2.00 bits per heavy atom. The van der Waals surface area contributed by atoms with Crippen LogP contribution in [0.4, 0.5) is 0 Å². The molecule has 0 amide bonds. The molecule has 0 aliphatic carbocycles. The van der Waals surface area contributed by atoms with Crippen molar-refractivity contribution >= 4 is 0 Å². The molecule has 1 nitrogen and oxygen atoms in total. The third-order valence-electron chi connectivity index (χ3n) is 1.54. The van der Waals surface area contributed by atoms with E-state index in [0.29, 0.717) is 0 Å². The van der Waals surface area contributed by atoms with Crippen LogP contribution in [0, 0.1) is 0 Å². The van der Waals surface area contributed by atoms with E-state index in [1.165, 1.54) is 19.3 Å². The maximum absolute atomic E-state index is 3.38. The zero-order valence-corrected chi connectivity index (χ0v) is 6.91. The smallest absolute Gasteiger partial charge is 0.00386 e. The van der Waals surface area contributed by atoms with E-state index in [4.69, 9.17) is 0 Å². The lowest BCUT2D eigenvalue weighted by Crippen LogP contribution is -2.25. The minimum Gasteiger partial charge on any atom is -0.315 e. The van der Waals surface area contributed by atoms with Crippen molar-refractivity contribution in [3.63, 3.8) is 0 Å². The van der Waals surface area contributed by atoms with Gasteiger partial charge in [0.25, 0.3) is 0 Å². The summed E-state index contributed by atoms with van der Waals surface area (Å²) in [7, 11) is 0. The van der Waals surface area contributed by atoms with Gasteiger partial charge in [0.1, 0.15) is 0 Å². The lowest BCUT2D eigenvalue weighted by atomic mass is 10.1. The molecule has 0 aliphatic heterocycles. The summed E-state index contributed by atoms with van der Waals surface area (Å²) in [5.74, 6) is 0. The van der Waals surface area contributed by atoms with Crippen LogP contribution in [0.2, 0.25) is 0 Å². The van der Waals surface area contributed by atoms with E-state index in [2.05, 4.69) is 26.1 Å². The molecule has 0 unspecified atom stereocenters. The Morgan fingerprint density at radius 1 is 1.33 bits per heavy atom. The summed E-state index contributed by atoms with van der Waals surface area (Å²) >= 11 is 0. The van der Waals surface area contributed by atoms with Crippen molar-refractivity contribution in [3.05, 3.63) is 0 Å². The summed E-state index contributed by atoms with van der Waals surface area (Å²) in [6, 6.07) is 0.718. The summed E-state index contributed by atoms with van der Waals surface area (Å²) < 4.78 is 0. The fourth-order valence-corrected chi connectivity index (χ4v) is 0.961. The topological polar surface area (TPSA) is 12.0 Å². The highest BCUT2D eigenvalue weighted by Crippen LogP contribution is 1.98. The average molecular weight is 129 g/mol. The second-order valence-electron chi connectivity index (χ2n) is 2.60. The van der Waals surface area contributed by atoms with Gasteiger partial charge >= 0.3 is 0 Å². The molecule has 0 aromatic heterocycles. The first-order chi connectivity index (χ1) is 4.31. The van der Waals surface area contributed by atoms with Gasteiger partial charge in [-0.15, -0.1) is 0 Å². The monoisotopic (exact) mass is 129 g/mol. The molecule has 0 aromatic carbocycles. The molecule has 56 valence electrons. The SMILES string of the molecule is CCCC[C@@H](C)NCC. The van der Waals surface area contributed by atoms with Crippen molar-refractivity contribution in [3.8, 4) is 0 Å². The predicted octanol–water partition coefficient (Wildman–Crippen LogP) is 2.17. The third-order valence-corrected chi connectivity index (χ3v) is 1.54.